The van der Waals surface area contributed by atoms with Crippen LogP contribution in [0.3, 0.4) is 0 Å². The monoisotopic (exact) mass is 1210 g/mol. The summed E-state index contributed by atoms with van der Waals surface area (Å²) in [5, 5.41) is 31.1. The van der Waals surface area contributed by atoms with E-state index in [0.717, 1.165) is 22.3 Å². The van der Waals surface area contributed by atoms with Crippen molar-refractivity contribution in [2.24, 2.45) is 11.0 Å². The van der Waals surface area contributed by atoms with Gasteiger partial charge in [-0.3, -0.25) is 29.3 Å². The summed E-state index contributed by atoms with van der Waals surface area (Å²) < 4.78 is 27.7. The third-order valence-corrected chi connectivity index (χ3v) is 18.3. The Hall–Kier alpha value is -6.18. The van der Waals surface area contributed by atoms with E-state index in [9.17, 15) is 48.6 Å². The molecule has 0 spiro atoms. The average Bonchev–Trinajstić information content (AvgIpc) is 3.98. The molecule has 456 valence electrons. The van der Waals surface area contributed by atoms with Crippen molar-refractivity contribution in [2.45, 2.75) is 166 Å². The maximum atomic E-state index is 14.4. The van der Waals surface area contributed by atoms with Crippen LogP contribution in [0.4, 0.5) is 10.5 Å². The Labute approximate surface area is 498 Å². The minimum Gasteiger partial charge on any atom is -0.495 e. The molecule has 25 heteroatoms. The van der Waals surface area contributed by atoms with Gasteiger partial charge in [-0.25, -0.2) is 19.8 Å². The van der Waals surface area contributed by atoms with Gasteiger partial charge < -0.3 is 48.5 Å². The Morgan fingerprint density at radius 1 is 1.02 bits per heavy atom. The molecular weight excluding hydrogens is 1140 g/mol. The van der Waals surface area contributed by atoms with E-state index in [2.05, 4.69) is 22.4 Å². The molecule has 0 aromatic heterocycles. The van der Waals surface area contributed by atoms with Crippen LogP contribution in [0.15, 0.2) is 59.7 Å². The third-order valence-electron chi connectivity index (χ3n) is 14.6. The van der Waals surface area contributed by atoms with Crippen molar-refractivity contribution in [1.82, 2.24) is 20.7 Å². The number of cyclic esters (lactones) is 1. The van der Waals surface area contributed by atoms with Gasteiger partial charge in [-0.2, -0.15) is 5.10 Å². The second-order valence-electron chi connectivity index (χ2n) is 21.9. The number of ether oxygens (including phenoxy) is 5. The number of aliphatic hydroxyl groups is 2. The van der Waals surface area contributed by atoms with Gasteiger partial charge in [0.25, 0.3) is 11.8 Å². The summed E-state index contributed by atoms with van der Waals surface area (Å²) in [7, 11) is 8.59. The molecule has 0 saturated carbocycles. The number of rotatable bonds is 30. The van der Waals surface area contributed by atoms with Crippen molar-refractivity contribution in [2.75, 3.05) is 45.6 Å². The molecule has 7 atom stereocenters. The minimum absolute atomic E-state index is 0.0187. The molecule has 22 nitrogen and oxygen atoms in total. The van der Waals surface area contributed by atoms with E-state index in [1.807, 2.05) is 39.0 Å². The Bertz CT molecular complexity index is 2800. The highest BCUT2D eigenvalue weighted by Gasteiger charge is 2.48. The molecule has 2 saturated heterocycles. The lowest BCUT2D eigenvalue weighted by atomic mass is 9.81. The number of hydrogen-bond donors (Lipinski definition) is 4. The second kappa shape index (κ2) is 30.1. The molecule has 5 rings (SSSR count). The molecule has 4 N–H and O–H groups in total. The smallest absolute Gasteiger partial charge is 0.409 e. The number of aryl methyl sites for hydroxylation is 1. The summed E-state index contributed by atoms with van der Waals surface area (Å²) >= 11 is 6.79. The summed E-state index contributed by atoms with van der Waals surface area (Å²) in [6, 6.07) is 7.84. The largest absolute Gasteiger partial charge is 0.495 e. The highest BCUT2D eigenvalue weighted by Crippen LogP contribution is 2.40. The summed E-state index contributed by atoms with van der Waals surface area (Å²) in [6.45, 7) is 15.8. The van der Waals surface area contributed by atoms with Crippen LogP contribution >= 0.6 is 33.2 Å². The average molecular weight is 1220 g/mol. The van der Waals surface area contributed by atoms with Gasteiger partial charge in [0.1, 0.15) is 40.9 Å². The molecule has 1 aliphatic carbocycles. The molecular formula is C58H79ClN6O16S2. The lowest BCUT2D eigenvalue weighted by molar-refractivity contribution is -0.197. The second-order valence-corrected chi connectivity index (χ2v) is 25.4. The Morgan fingerprint density at radius 2 is 1.72 bits per heavy atom. The van der Waals surface area contributed by atoms with Crippen molar-refractivity contribution in [3.8, 4) is 11.5 Å². The van der Waals surface area contributed by atoms with E-state index in [0.29, 0.717) is 59.4 Å². The van der Waals surface area contributed by atoms with Crippen LogP contribution in [-0.2, 0) is 65.5 Å². The van der Waals surface area contributed by atoms with Crippen molar-refractivity contribution in [3.05, 3.63) is 76.3 Å². The number of nitrogens with one attached hydrogen (secondary N) is 2. The van der Waals surface area contributed by atoms with Gasteiger partial charge >= 0.3 is 18.0 Å². The quantitative estimate of drug-likeness (QED) is 0.0149. The molecule has 1 unspecified atom stereocenters. The molecule has 83 heavy (non-hydrogen) atoms. The number of methoxy groups -OCH3 is 2. The first kappa shape index (κ1) is 67.6. The lowest BCUT2D eigenvalue weighted by Crippen LogP contribution is -2.63. The lowest BCUT2D eigenvalue weighted by Gasteiger charge is -2.43. The third kappa shape index (κ3) is 18.9. The van der Waals surface area contributed by atoms with Gasteiger partial charge in [0.15, 0.2) is 5.72 Å². The van der Waals surface area contributed by atoms with Gasteiger partial charge in [-0.05, 0) is 121 Å². The number of imide groups is 1. The van der Waals surface area contributed by atoms with Crippen molar-refractivity contribution < 1.29 is 77.1 Å². The van der Waals surface area contributed by atoms with Gasteiger partial charge in [0, 0.05) is 69.4 Å². The number of allylic oxidation sites excluding steroid dienone is 3. The fourth-order valence-electron chi connectivity index (χ4n) is 9.54. The van der Waals surface area contributed by atoms with E-state index < -0.39 is 94.4 Å². The molecule has 2 aromatic carbocycles. The van der Waals surface area contributed by atoms with E-state index in [1.165, 1.54) is 73.6 Å². The van der Waals surface area contributed by atoms with Gasteiger partial charge in [0.2, 0.25) is 17.7 Å². The zero-order valence-electron chi connectivity index (χ0n) is 49.1. The molecule has 3 aliphatic rings. The van der Waals surface area contributed by atoms with E-state index >= 15 is 0 Å². The van der Waals surface area contributed by atoms with Crippen LogP contribution in [-0.4, -0.2) is 155 Å². The molecule has 6 amide bonds. The standard InChI is InChI=1S/C58H79ClN6O16S2/c1-13-15-34(2)26-38-27-43(53(59)44(28-38)77-12)64(10)51(70)30-46(57(8,74)31-35(3)45-32-58(75,37(5)76-11)60-55(73)79-45)80-54(72)36(4)63(9)48(67)23-25-82-83-56(6,7)33-47(66)62-61-42-20-17-39-29-40(18-19-41(39)42)78-24-14-16-52(71)81-65-49(68)21-22-50(65)69/h13,15,18-19,27-29,35-37,45-46,74-75H,1,14,16-17,20-26,30-33H2,2-12H3,(H,60,73)(H,62,66)/b34-15+,61-42+/t35-,36-,37+,45-,46-,57?,58-/m0/s1. The van der Waals surface area contributed by atoms with Crippen LogP contribution in [0.5, 0.6) is 11.5 Å². The highest BCUT2D eigenvalue weighted by molar-refractivity contribution is 8.77. The van der Waals surface area contributed by atoms with Gasteiger partial charge in [-0.1, -0.05) is 64.4 Å². The van der Waals surface area contributed by atoms with E-state index in [1.54, 1.807) is 38.1 Å². The summed E-state index contributed by atoms with van der Waals surface area (Å²) in [5.74, 6) is -3.39. The Kier molecular flexibility index (Phi) is 24.5. The summed E-state index contributed by atoms with van der Waals surface area (Å²) in [4.78, 5) is 111. The highest BCUT2D eigenvalue weighted by atomic mass is 35.5. The minimum atomic E-state index is -1.96. The van der Waals surface area contributed by atoms with E-state index in [-0.39, 0.29) is 62.5 Å². The molecule has 2 aromatic rings. The molecule has 0 bridgehead atoms. The number of benzene rings is 2. The molecule has 2 fully saturated rings. The predicted molar refractivity (Wildman–Crippen MR) is 314 cm³/mol. The Morgan fingerprint density at radius 3 is 2.39 bits per heavy atom. The number of anilines is 1. The van der Waals surface area contributed by atoms with Crippen LogP contribution in [0.1, 0.15) is 129 Å². The van der Waals surface area contributed by atoms with Gasteiger partial charge in [0.05, 0.1) is 43.6 Å². The first-order valence-electron chi connectivity index (χ1n) is 27.3. The summed E-state index contributed by atoms with van der Waals surface area (Å²) in [5.41, 5.74) is 3.55. The number of amides is 6. The number of hydrazone groups is 1. The number of esters is 1. The normalized spacial score (nSPS) is 19.8. The van der Waals surface area contributed by atoms with Crippen molar-refractivity contribution in [1.29, 1.82) is 0 Å². The number of hydroxylamine groups is 2. The maximum absolute atomic E-state index is 14.4. The van der Waals surface area contributed by atoms with Crippen LogP contribution < -0.4 is 25.1 Å². The van der Waals surface area contributed by atoms with Crippen molar-refractivity contribution >= 4 is 92.2 Å². The predicted octanol–water partition coefficient (Wildman–Crippen LogP) is 7.31. The summed E-state index contributed by atoms with van der Waals surface area (Å²) in [6.07, 6.45) is 0.699. The van der Waals surface area contributed by atoms with E-state index in [4.69, 9.17) is 40.1 Å². The maximum Gasteiger partial charge on any atom is 0.409 e. The number of likely N-dealkylation sites (N-methyl/N-ethyl adjacent to an activating group) is 1. The number of carbonyl (C=O) groups excluding carboxylic acids is 8. The van der Waals surface area contributed by atoms with Crippen LogP contribution in [0.2, 0.25) is 5.02 Å². The fourth-order valence-corrected chi connectivity index (χ4v) is 12.3. The first-order chi connectivity index (χ1) is 39.0. The topological polar surface area (TPSA) is 279 Å². The molecule has 2 aliphatic heterocycles. The van der Waals surface area contributed by atoms with Gasteiger partial charge in [-0.15, -0.1) is 5.06 Å². The zero-order chi connectivity index (χ0) is 61.6. The zero-order valence-corrected chi connectivity index (χ0v) is 51.5. The number of halogens is 1. The number of carbonyl (C=O) groups is 8. The number of nitrogens with zero attached hydrogens (tertiary/aromatic N) is 4. The number of fused-ring (bicyclic) bond motifs is 1. The number of alkyl carbamates (subject to hydrolysis) is 1. The van der Waals surface area contributed by atoms with Crippen LogP contribution in [0.25, 0.3) is 0 Å². The van der Waals surface area contributed by atoms with Crippen molar-refractivity contribution in [3.63, 3.8) is 0 Å². The Balaban J connectivity index is 1.15. The fraction of sp³-hybridized carbons (Fsp3) is 0.569. The molecule has 0 radical (unpaired) electrons. The number of hydrogen-bond acceptors (Lipinski definition) is 19. The van der Waals surface area contributed by atoms with Crippen LogP contribution in [0, 0.1) is 5.92 Å². The molecule has 2 heterocycles. The first-order valence-corrected chi connectivity index (χ1v) is 30.0. The SMILES string of the molecule is C=C/C=C(\C)Cc1cc(OC)c(Cl)c(N(C)C(=O)C[C@H](OC(=O)[C@H](C)N(C)C(=O)CCSSC(C)(C)CC(=O)N/N=C2\CCc3cc(OCCCC(=O)ON4C(=O)CCC4=O)ccc32)C(C)(O)C[C@H](C)[C@@H]2C[C@](O)([C@@H](C)OC)NC(=O)O2)c1.